The number of hydrogen-bond donors (Lipinski definition) is 3. The van der Waals surface area contributed by atoms with Crippen LogP contribution in [0, 0.1) is 17.6 Å². The van der Waals surface area contributed by atoms with Crippen LogP contribution in [0.4, 0.5) is 14.5 Å². The van der Waals surface area contributed by atoms with Crippen LogP contribution in [-0.2, 0) is 10.0 Å². The molecule has 0 aromatic heterocycles. The zero-order valence-electron chi connectivity index (χ0n) is 14.5. The lowest BCUT2D eigenvalue weighted by atomic mass is 10.1. The molecule has 1 aliphatic rings. The van der Waals surface area contributed by atoms with Gasteiger partial charge in [0.15, 0.2) is 0 Å². The molecule has 0 spiro atoms. The maximum Gasteiger partial charge on any atom is 0.255 e. The van der Waals surface area contributed by atoms with Crippen LogP contribution in [-0.4, -0.2) is 26.8 Å². The minimum Gasteiger partial charge on any atom is -0.366 e. The number of rotatable bonds is 7. The molecular weight excluding hydrogens is 392 g/mol. The Labute approximate surface area is 160 Å². The van der Waals surface area contributed by atoms with Crippen molar-refractivity contribution in [1.29, 1.82) is 0 Å². The molecule has 1 saturated carbocycles. The molecule has 2 amide bonds. The van der Waals surface area contributed by atoms with Crippen LogP contribution < -0.4 is 15.8 Å². The van der Waals surface area contributed by atoms with Crippen LogP contribution in [0.25, 0.3) is 0 Å². The third-order valence-electron chi connectivity index (χ3n) is 4.24. The number of primary amides is 1. The normalized spacial score (nSPS) is 13.9. The van der Waals surface area contributed by atoms with Crippen LogP contribution in [0.15, 0.2) is 41.3 Å². The molecule has 0 saturated heterocycles. The van der Waals surface area contributed by atoms with E-state index in [0.29, 0.717) is 18.5 Å². The van der Waals surface area contributed by atoms with Gasteiger partial charge in [-0.3, -0.25) is 9.59 Å². The summed E-state index contributed by atoms with van der Waals surface area (Å²) in [4.78, 5) is 23.5. The average Bonchev–Trinajstić information content (AvgIpc) is 3.46. The van der Waals surface area contributed by atoms with Crippen molar-refractivity contribution < 1.29 is 26.8 Å². The van der Waals surface area contributed by atoms with Gasteiger partial charge in [0, 0.05) is 18.2 Å². The summed E-state index contributed by atoms with van der Waals surface area (Å²) in [5.74, 6) is -3.88. The number of carbonyl (C=O) groups is 2. The number of nitrogens with one attached hydrogen (secondary N) is 2. The van der Waals surface area contributed by atoms with Gasteiger partial charge in [-0.1, -0.05) is 6.07 Å². The Balaban J connectivity index is 1.82. The van der Waals surface area contributed by atoms with E-state index in [9.17, 15) is 26.8 Å². The van der Waals surface area contributed by atoms with E-state index in [-0.39, 0.29) is 10.5 Å². The van der Waals surface area contributed by atoms with Crippen molar-refractivity contribution in [1.82, 2.24) is 4.72 Å². The SMILES string of the molecule is NC(=O)c1cc(NC(=O)c2cccc(S(=O)(=O)NCC3CC3)c2)c(F)cc1F. The van der Waals surface area contributed by atoms with E-state index in [4.69, 9.17) is 5.73 Å². The van der Waals surface area contributed by atoms with E-state index >= 15 is 0 Å². The highest BCUT2D eigenvalue weighted by atomic mass is 32.2. The van der Waals surface area contributed by atoms with Crippen LogP contribution in [0.1, 0.15) is 33.6 Å². The molecule has 10 heteroatoms. The van der Waals surface area contributed by atoms with Gasteiger partial charge in [-0.05, 0) is 43.0 Å². The summed E-state index contributed by atoms with van der Waals surface area (Å²) >= 11 is 0. The van der Waals surface area contributed by atoms with Crippen molar-refractivity contribution in [2.24, 2.45) is 11.7 Å². The van der Waals surface area contributed by atoms with Gasteiger partial charge in [-0.2, -0.15) is 0 Å². The molecule has 4 N–H and O–H groups in total. The molecule has 3 rings (SSSR count). The fourth-order valence-corrected chi connectivity index (χ4v) is 3.63. The minimum absolute atomic E-state index is 0.0568. The van der Waals surface area contributed by atoms with E-state index in [1.54, 1.807) is 0 Å². The van der Waals surface area contributed by atoms with Crippen molar-refractivity contribution in [3.8, 4) is 0 Å². The number of carbonyl (C=O) groups excluding carboxylic acids is 2. The van der Waals surface area contributed by atoms with E-state index in [1.807, 2.05) is 0 Å². The number of sulfonamides is 1. The maximum atomic E-state index is 13.9. The van der Waals surface area contributed by atoms with Crippen molar-refractivity contribution >= 4 is 27.5 Å². The summed E-state index contributed by atoms with van der Waals surface area (Å²) in [5.41, 5.74) is 3.91. The highest BCUT2D eigenvalue weighted by Crippen LogP contribution is 2.28. The largest absolute Gasteiger partial charge is 0.366 e. The molecule has 0 radical (unpaired) electrons. The van der Waals surface area contributed by atoms with Gasteiger partial charge >= 0.3 is 0 Å². The number of halogens is 2. The second-order valence-corrected chi connectivity index (χ2v) is 8.22. The number of hydrogen-bond acceptors (Lipinski definition) is 4. The standard InChI is InChI=1S/C18H17F2N3O4S/c19-14-8-15(20)16(7-13(14)17(21)24)23-18(25)11-2-1-3-12(6-11)28(26,27)22-9-10-4-5-10/h1-3,6-8,10,22H,4-5,9H2,(H2,21,24)(H,23,25). The molecule has 0 bridgehead atoms. The lowest BCUT2D eigenvalue weighted by Gasteiger charge is -2.10. The highest BCUT2D eigenvalue weighted by Gasteiger charge is 2.25. The van der Waals surface area contributed by atoms with E-state index < -0.39 is 44.7 Å². The topological polar surface area (TPSA) is 118 Å². The van der Waals surface area contributed by atoms with Crippen molar-refractivity contribution in [3.05, 3.63) is 59.2 Å². The second kappa shape index (κ2) is 7.64. The quantitative estimate of drug-likeness (QED) is 0.648. The third kappa shape index (κ3) is 4.52. The third-order valence-corrected chi connectivity index (χ3v) is 5.66. The van der Waals surface area contributed by atoms with E-state index in [0.717, 1.165) is 25.0 Å². The van der Waals surface area contributed by atoms with Gasteiger partial charge in [-0.25, -0.2) is 21.9 Å². The van der Waals surface area contributed by atoms with Gasteiger partial charge in [0.2, 0.25) is 10.0 Å². The fraction of sp³-hybridized carbons (Fsp3) is 0.222. The van der Waals surface area contributed by atoms with E-state index in [2.05, 4.69) is 10.0 Å². The van der Waals surface area contributed by atoms with E-state index in [1.165, 1.54) is 18.2 Å². The van der Waals surface area contributed by atoms with Crippen molar-refractivity contribution in [2.45, 2.75) is 17.7 Å². The molecular formula is C18H17F2N3O4S. The first-order valence-corrected chi connectivity index (χ1v) is 9.85. The molecule has 28 heavy (non-hydrogen) atoms. The maximum absolute atomic E-state index is 13.9. The Morgan fingerprint density at radius 3 is 2.46 bits per heavy atom. The molecule has 0 atom stereocenters. The minimum atomic E-state index is -3.79. The lowest BCUT2D eigenvalue weighted by Crippen LogP contribution is -2.26. The van der Waals surface area contributed by atoms with Crippen molar-refractivity contribution in [3.63, 3.8) is 0 Å². The van der Waals surface area contributed by atoms with Crippen LogP contribution in [0.2, 0.25) is 0 Å². The fourth-order valence-electron chi connectivity index (χ4n) is 2.47. The highest BCUT2D eigenvalue weighted by molar-refractivity contribution is 7.89. The first-order valence-electron chi connectivity index (χ1n) is 8.37. The number of amides is 2. The molecule has 0 heterocycles. The summed E-state index contributed by atoms with van der Waals surface area (Å²) in [6.45, 7) is 0.329. The number of anilines is 1. The van der Waals surface area contributed by atoms with Gasteiger partial charge < -0.3 is 11.1 Å². The first kappa shape index (κ1) is 19.9. The molecule has 0 aliphatic heterocycles. The summed E-state index contributed by atoms with van der Waals surface area (Å²) in [7, 11) is -3.79. The smallest absolute Gasteiger partial charge is 0.255 e. The Morgan fingerprint density at radius 1 is 1.11 bits per heavy atom. The molecule has 2 aromatic rings. The predicted octanol–water partition coefficient (Wildman–Crippen LogP) is 2.00. The molecule has 2 aromatic carbocycles. The molecule has 148 valence electrons. The Hall–Kier alpha value is -2.85. The first-order chi connectivity index (χ1) is 13.2. The Kier molecular flexibility index (Phi) is 5.43. The summed E-state index contributed by atoms with van der Waals surface area (Å²) in [6, 6.07) is 6.39. The molecule has 1 fully saturated rings. The van der Waals surface area contributed by atoms with Crippen molar-refractivity contribution in [2.75, 3.05) is 11.9 Å². The van der Waals surface area contributed by atoms with Crippen LogP contribution in [0.5, 0.6) is 0 Å². The second-order valence-electron chi connectivity index (χ2n) is 6.45. The predicted molar refractivity (Wildman–Crippen MR) is 97.2 cm³/mol. The summed E-state index contributed by atoms with van der Waals surface area (Å²) in [6.07, 6.45) is 1.95. The molecule has 0 unspecified atom stereocenters. The monoisotopic (exact) mass is 409 g/mol. The van der Waals surface area contributed by atoms with Gasteiger partial charge in [0.05, 0.1) is 16.1 Å². The molecule has 7 nitrogen and oxygen atoms in total. The van der Waals surface area contributed by atoms with Crippen LogP contribution >= 0.6 is 0 Å². The zero-order chi connectivity index (χ0) is 20.5. The Bertz CT molecular complexity index is 1050. The number of nitrogens with two attached hydrogens (primary N) is 1. The molecule has 1 aliphatic carbocycles. The zero-order valence-corrected chi connectivity index (χ0v) is 15.4. The van der Waals surface area contributed by atoms with Gasteiger partial charge in [0.1, 0.15) is 11.6 Å². The van der Waals surface area contributed by atoms with Gasteiger partial charge in [0.25, 0.3) is 11.8 Å². The lowest BCUT2D eigenvalue weighted by molar-refractivity contribution is 0.0992. The number of benzene rings is 2. The van der Waals surface area contributed by atoms with Crippen LogP contribution in [0.3, 0.4) is 0 Å². The Morgan fingerprint density at radius 2 is 1.82 bits per heavy atom. The summed E-state index contributed by atoms with van der Waals surface area (Å²) < 4.78 is 54.5. The average molecular weight is 409 g/mol. The van der Waals surface area contributed by atoms with Gasteiger partial charge in [-0.15, -0.1) is 0 Å². The summed E-state index contributed by atoms with van der Waals surface area (Å²) in [5, 5.41) is 2.18.